The molecular formula is C16H15BrO3S. The summed E-state index contributed by atoms with van der Waals surface area (Å²) in [5.41, 5.74) is 1.68. The van der Waals surface area contributed by atoms with E-state index < -0.39 is 22.7 Å². The van der Waals surface area contributed by atoms with Crippen LogP contribution in [-0.4, -0.2) is 15.3 Å². The number of aliphatic carboxylic acids is 1. The van der Waals surface area contributed by atoms with Gasteiger partial charge in [0, 0.05) is 9.37 Å². The van der Waals surface area contributed by atoms with Gasteiger partial charge in [-0.15, -0.1) is 0 Å². The van der Waals surface area contributed by atoms with Gasteiger partial charge in [-0.3, -0.25) is 9.00 Å². The monoisotopic (exact) mass is 366 g/mol. The SMILES string of the molecule is CC(C(=O)O)c1ccc(CS(=O)c2cccc(Br)c2)cc1. The largest absolute Gasteiger partial charge is 0.481 e. The van der Waals surface area contributed by atoms with Gasteiger partial charge in [-0.05, 0) is 36.2 Å². The van der Waals surface area contributed by atoms with Crippen molar-refractivity contribution in [1.82, 2.24) is 0 Å². The molecule has 0 saturated carbocycles. The molecule has 0 aliphatic heterocycles. The third-order valence-electron chi connectivity index (χ3n) is 3.21. The van der Waals surface area contributed by atoms with Crippen LogP contribution < -0.4 is 0 Å². The first-order valence-electron chi connectivity index (χ1n) is 6.43. The van der Waals surface area contributed by atoms with Gasteiger partial charge in [-0.25, -0.2) is 0 Å². The van der Waals surface area contributed by atoms with Crippen molar-refractivity contribution in [2.45, 2.75) is 23.5 Å². The molecule has 110 valence electrons. The van der Waals surface area contributed by atoms with E-state index in [0.29, 0.717) is 5.75 Å². The number of carbonyl (C=O) groups is 1. The molecule has 2 aromatic rings. The highest BCUT2D eigenvalue weighted by Crippen LogP contribution is 2.20. The van der Waals surface area contributed by atoms with E-state index in [4.69, 9.17) is 5.11 Å². The van der Waals surface area contributed by atoms with Crippen molar-refractivity contribution in [3.8, 4) is 0 Å². The van der Waals surface area contributed by atoms with Gasteiger partial charge < -0.3 is 5.11 Å². The minimum atomic E-state index is -1.12. The average molecular weight is 367 g/mol. The first-order valence-corrected chi connectivity index (χ1v) is 8.54. The fourth-order valence-electron chi connectivity index (χ4n) is 1.89. The Morgan fingerprint density at radius 3 is 2.48 bits per heavy atom. The van der Waals surface area contributed by atoms with Crippen LogP contribution in [0.1, 0.15) is 24.0 Å². The molecule has 0 aromatic heterocycles. The second kappa shape index (κ2) is 7.00. The summed E-state index contributed by atoms with van der Waals surface area (Å²) in [7, 11) is -1.12. The summed E-state index contributed by atoms with van der Waals surface area (Å²) in [6.45, 7) is 1.65. The van der Waals surface area contributed by atoms with Crippen LogP contribution in [0.5, 0.6) is 0 Å². The Balaban J connectivity index is 2.10. The Hall–Kier alpha value is -1.46. The lowest BCUT2D eigenvalue weighted by atomic mass is 10.0. The maximum absolute atomic E-state index is 12.3. The number of carboxylic acids is 1. The van der Waals surface area contributed by atoms with Gasteiger partial charge >= 0.3 is 5.97 Å². The Morgan fingerprint density at radius 1 is 1.24 bits per heavy atom. The average Bonchev–Trinajstić information content (AvgIpc) is 2.47. The lowest BCUT2D eigenvalue weighted by Crippen LogP contribution is -2.07. The Morgan fingerprint density at radius 2 is 1.90 bits per heavy atom. The van der Waals surface area contributed by atoms with Crippen LogP contribution in [0.2, 0.25) is 0 Å². The molecule has 0 aliphatic carbocycles. The molecule has 0 amide bonds. The first kappa shape index (κ1) is 15.9. The van der Waals surface area contributed by atoms with Gasteiger partial charge in [0.25, 0.3) is 0 Å². The van der Waals surface area contributed by atoms with Crippen LogP contribution >= 0.6 is 15.9 Å². The van der Waals surface area contributed by atoms with Crippen molar-refractivity contribution < 1.29 is 14.1 Å². The zero-order valence-corrected chi connectivity index (χ0v) is 13.9. The van der Waals surface area contributed by atoms with Crippen LogP contribution in [0, 0.1) is 0 Å². The van der Waals surface area contributed by atoms with Crippen molar-refractivity contribution in [2.75, 3.05) is 0 Å². The number of rotatable bonds is 5. The number of hydrogen-bond donors (Lipinski definition) is 1. The molecule has 0 fully saturated rings. The van der Waals surface area contributed by atoms with Crippen LogP contribution in [0.4, 0.5) is 0 Å². The topological polar surface area (TPSA) is 54.4 Å². The van der Waals surface area contributed by atoms with Crippen LogP contribution in [-0.2, 0) is 21.3 Å². The smallest absolute Gasteiger partial charge is 0.310 e. The van der Waals surface area contributed by atoms with Gasteiger partial charge in [0.1, 0.15) is 0 Å². The van der Waals surface area contributed by atoms with Crippen molar-refractivity contribution >= 4 is 32.7 Å². The van der Waals surface area contributed by atoms with E-state index in [1.807, 2.05) is 36.4 Å². The van der Waals surface area contributed by atoms with E-state index >= 15 is 0 Å². The van der Waals surface area contributed by atoms with E-state index in [-0.39, 0.29) is 0 Å². The fourth-order valence-corrected chi connectivity index (χ4v) is 3.59. The molecule has 3 nitrogen and oxygen atoms in total. The minimum Gasteiger partial charge on any atom is -0.481 e. The molecule has 5 heteroatoms. The number of halogens is 1. The second-order valence-electron chi connectivity index (χ2n) is 4.75. The molecule has 1 N–H and O–H groups in total. The Bertz CT molecular complexity index is 667. The van der Waals surface area contributed by atoms with Gasteiger partial charge in [-0.2, -0.15) is 0 Å². The summed E-state index contributed by atoms with van der Waals surface area (Å²) in [4.78, 5) is 11.7. The zero-order valence-electron chi connectivity index (χ0n) is 11.5. The maximum Gasteiger partial charge on any atom is 0.310 e. The van der Waals surface area contributed by atoms with Gasteiger partial charge in [0.15, 0.2) is 0 Å². The van der Waals surface area contributed by atoms with Crippen LogP contribution in [0.15, 0.2) is 57.9 Å². The summed E-state index contributed by atoms with van der Waals surface area (Å²) in [5.74, 6) is -0.965. The summed E-state index contributed by atoms with van der Waals surface area (Å²) in [6, 6.07) is 14.7. The molecule has 2 atom stereocenters. The van der Waals surface area contributed by atoms with E-state index in [2.05, 4.69) is 15.9 Å². The highest BCUT2D eigenvalue weighted by atomic mass is 79.9. The predicted molar refractivity (Wildman–Crippen MR) is 86.7 cm³/mol. The van der Waals surface area contributed by atoms with Crippen molar-refractivity contribution in [3.05, 3.63) is 64.1 Å². The molecular weight excluding hydrogens is 352 g/mol. The summed E-state index contributed by atoms with van der Waals surface area (Å²) < 4.78 is 13.2. The molecule has 0 spiro atoms. The zero-order chi connectivity index (χ0) is 15.4. The lowest BCUT2D eigenvalue weighted by Gasteiger charge is -2.08. The summed E-state index contributed by atoms with van der Waals surface area (Å²) in [6.07, 6.45) is 0. The molecule has 0 heterocycles. The summed E-state index contributed by atoms with van der Waals surface area (Å²) in [5, 5.41) is 8.97. The molecule has 2 aromatic carbocycles. The van der Waals surface area contributed by atoms with Crippen LogP contribution in [0.25, 0.3) is 0 Å². The highest BCUT2D eigenvalue weighted by Gasteiger charge is 2.13. The Kier molecular flexibility index (Phi) is 5.31. The quantitative estimate of drug-likeness (QED) is 0.871. The predicted octanol–water partition coefficient (Wildman–Crippen LogP) is 3.95. The second-order valence-corrected chi connectivity index (χ2v) is 7.12. The Labute approximate surface area is 134 Å². The first-order chi connectivity index (χ1) is 9.97. The minimum absolute atomic E-state index is 0.415. The lowest BCUT2D eigenvalue weighted by molar-refractivity contribution is -0.138. The standard InChI is InChI=1S/C16H15BrO3S/c1-11(16(18)19)13-7-5-12(6-8-13)10-21(20)15-4-2-3-14(17)9-15/h2-9,11H,10H2,1H3,(H,18,19). The molecule has 0 radical (unpaired) electrons. The molecule has 0 aliphatic rings. The highest BCUT2D eigenvalue weighted by molar-refractivity contribution is 9.10. The molecule has 0 saturated heterocycles. The van der Waals surface area contributed by atoms with Crippen molar-refractivity contribution in [2.24, 2.45) is 0 Å². The fraction of sp³-hybridized carbons (Fsp3) is 0.188. The molecule has 2 unspecified atom stereocenters. The van der Waals surface area contributed by atoms with E-state index in [1.54, 1.807) is 19.1 Å². The molecule has 21 heavy (non-hydrogen) atoms. The normalized spacial score (nSPS) is 13.6. The number of hydrogen-bond acceptors (Lipinski definition) is 2. The van der Waals surface area contributed by atoms with Gasteiger partial charge in [0.05, 0.1) is 22.5 Å². The van der Waals surface area contributed by atoms with Crippen LogP contribution in [0.3, 0.4) is 0 Å². The van der Waals surface area contributed by atoms with E-state index in [1.165, 1.54) is 0 Å². The van der Waals surface area contributed by atoms with Crippen molar-refractivity contribution in [1.29, 1.82) is 0 Å². The van der Waals surface area contributed by atoms with E-state index in [0.717, 1.165) is 20.5 Å². The van der Waals surface area contributed by atoms with Crippen molar-refractivity contribution in [3.63, 3.8) is 0 Å². The number of benzene rings is 2. The third kappa shape index (κ3) is 4.25. The van der Waals surface area contributed by atoms with E-state index in [9.17, 15) is 9.00 Å². The van der Waals surface area contributed by atoms with Gasteiger partial charge in [-0.1, -0.05) is 46.3 Å². The van der Waals surface area contributed by atoms with Gasteiger partial charge in [0.2, 0.25) is 0 Å². The third-order valence-corrected chi connectivity index (χ3v) is 5.08. The summed E-state index contributed by atoms with van der Waals surface area (Å²) >= 11 is 3.36. The number of carboxylic acid groups (broad SMARTS) is 1. The molecule has 2 rings (SSSR count). The molecule has 0 bridgehead atoms. The maximum atomic E-state index is 12.3.